The summed E-state index contributed by atoms with van der Waals surface area (Å²) in [6, 6.07) is 0.333. The van der Waals surface area contributed by atoms with Gasteiger partial charge in [0.15, 0.2) is 0 Å². The molecule has 76 valence electrons. The van der Waals surface area contributed by atoms with Crippen LogP contribution >= 0.6 is 0 Å². The zero-order chi connectivity index (χ0) is 10.5. The molecule has 6 heteroatoms. The van der Waals surface area contributed by atoms with E-state index in [1.165, 1.54) is 7.11 Å². The van der Waals surface area contributed by atoms with E-state index in [1.54, 1.807) is 31.0 Å². The number of nitrogens with one attached hydrogen (secondary N) is 1. The lowest BCUT2D eigenvalue weighted by atomic mass is 10.5. The molecule has 0 aliphatic heterocycles. The molecule has 0 saturated carbocycles. The second-order valence-corrected chi connectivity index (χ2v) is 2.67. The van der Waals surface area contributed by atoms with Gasteiger partial charge in [-0.1, -0.05) is 0 Å². The molecule has 0 bridgehead atoms. The maximum absolute atomic E-state index is 4.84. The van der Waals surface area contributed by atoms with E-state index in [0.29, 0.717) is 11.8 Å². The Balaban J connectivity index is 2.11. The summed E-state index contributed by atoms with van der Waals surface area (Å²) in [7, 11) is 1.52. The van der Waals surface area contributed by atoms with E-state index >= 15 is 0 Å². The molecule has 0 spiro atoms. The normalized spacial score (nSPS) is 9.67. The van der Waals surface area contributed by atoms with Crippen LogP contribution in [0.5, 0.6) is 6.01 Å². The Bertz CT molecular complexity index is 416. The highest BCUT2D eigenvalue weighted by molar-refractivity contribution is 5.52. The molecule has 0 atom stereocenters. The summed E-state index contributed by atoms with van der Waals surface area (Å²) in [6.45, 7) is 0. The molecular formula is C9H9N5O. The maximum Gasteiger partial charge on any atom is 0.316 e. The number of nitrogens with zero attached hydrogens (tertiary/aromatic N) is 4. The third-order valence-corrected chi connectivity index (χ3v) is 1.65. The van der Waals surface area contributed by atoms with Crippen molar-refractivity contribution in [1.82, 2.24) is 19.9 Å². The van der Waals surface area contributed by atoms with Crippen LogP contribution in [0, 0.1) is 0 Å². The van der Waals surface area contributed by atoms with Crippen molar-refractivity contribution in [2.24, 2.45) is 0 Å². The molecule has 0 fully saturated rings. The highest BCUT2D eigenvalue weighted by atomic mass is 16.5. The van der Waals surface area contributed by atoms with Crippen LogP contribution in [0.15, 0.2) is 31.0 Å². The van der Waals surface area contributed by atoms with Crippen LogP contribution in [0.25, 0.3) is 0 Å². The lowest BCUT2D eigenvalue weighted by Crippen LogP contribution is -1.97. The van der Waals surface area contributed by atoms with Gasteiger partial charge in [0.05, 0.1) is 31.4 Å². The van der Waals surface area contributed by atoms with Crippen LogP contribution in [0.2, 0.25) is 0 Å². The van der Waals surface area contributed by atoms with Crippen LogP contribution in [-0.2, 0) is 0 Å². The summed E-state index contributed by atoms with van der Waals surface area (Å²) in [4.78, 5) is 15.9. The van der Waals surface area contributed by atoms with Crippen molar-refractivity contribution in [3.8, 4) is 6.01 Å². The smallest absolute Gasteiger partial charge is 0.316 e. The average molecular weight is 203 g/mol. The quantitative estimate of drug-likeness (QED) is 0.802. The Morgan fingerprint density at radius 3 is 2.47 bits per heavy atom. The average Bonchev–Trinajstić information content (AvgIpc) is 2.31. The van der Waals surface area contributed by atoms with Crippen molar-refractivity contribution < 1.29 is 4.74 Å². The minimum Gasteiger partial charge on any atom is -0.467 e. The fourth-order valence-corrected chi connectivity index (χ4v) is 0.998. The van der Waals surface area contributed by atoms with Crippen molar-refractivity contribution in [3.63, 3.8) is 0 Å². The van der Waals surface area contributed by atoms with Gasteiger partial charge in [-0.15, -0.1) is 0 Å². The first-order chi connectivity index (χ1) is 7.38. The molecule has 2 rings (SSSR count). The number of hydrogen-bond donors (Lipinski definition) is 1. The number of anilines is 2. The van der Waals surface area contributed by atoms with Gasteiger partial charge >= 0.3 is 6.01 Å². The van der Waals surface area contributed by atoms with Crippen LogP contribution in [0.4, 0.5) is 11.5 Å². The molecule has 0 unspecified atom stereocenters. The largest absolute Gasteiger partial charge is 0.467 e. The highest BCUT2D eigenvalue weighted by Crippen LogP contribution is 2.11. The molecule has 2 heterocycles. The molecule has 0 aromatic carbocycles. The standard InChI is InChI=1S/C9H9N5O/c1-15-9-12-4-7(5-13-9)14-8-6-10-2-3-11-8/h2-6H,1H3,(H,11,14). The summed E-state index contributed by atoms with van der Waals surface area (Å²) in [5, 5.41) is 3.00. The summed E-state index contributed by atoms with van der Waals surface area (Å²) >= 11 is 0. The van der Waals surface area contributed by atoms with Crippen LogP contribution in [-0.4, -0.2) is 27.0 Å². The topological polar surface area (TPSA) is 72.8 Å². The minimum atomic E-state index is 0.333. The van der Waals surface area contributed by atoms with E-state index in [0.717, 1.165) is 5.69 Å². The first-order valence-electron chi connectivity index (χ1n) is 4.27. The van der Waals surface area contributed by atoms with Gasteiger partial charge in [0.25, 0.3) is 0 Å². The highest BCUT2D eigenvalue weighted by Gasteiger charge is 1.97. The lowest BCUT2D eigenvalue weighted by molar-refractivity contribution is 0.380. The van der Waals surface area contributed by atoms with Crippen molar-refractivity contribution in [2.45, 2.75) is 0 Å². The first-order valence-corrected chi connectivity index (χ1v) is 4.27. The van der Waals surface area contributed by atoms with Crippen molar-refractivity contribution >= 4 is 11.5 Å². The van der Waals surface area contributed by atoms with E-state index in [4.69, 9.17) is 4.74 Å². The van der Waals surface area contributed by atoms with Crippen molar-refractivity contribution in [2.75, 3.05) is 12.4 Å². The molecule has 0 aliphatic rings. The number of rotatable bonds is 3. The number of ether oxygens (including phenoxy) is 1. The van der Waals surface area contributed by atoms with E-state index in [1.807, 2.05) is 0 Å². The second-order valence-electron chi connectivity index (χ2n) is 2.67. The molecule has 1 N–H and O–H groups in total. The van der Waals surface area contributed by atoms with Gasteiger partial charge in [0.2, 0.25) is 0 Å². The van der Waals surface area contributed by atoms with Crippen LogP contribution < -0.4 is 10.1 Å². The van der Waals surface area contributed by atoms with Crippen LogP contribution in [0.3, 0.4) is 0 Å². The fourth-order valence-electron chi connectivity index (χ4n) is 0.998. The van der Waals surface area contributed by atoms with Gasteiger partial charge in [-0.05, 0) is 0 Å². The number of hydrogen-bond acceptors (Lipinski definition) is 6. The third kappa shape index (κ3) is 2.37. The zero-order valence-electron chi connectivity index (χ0n) is 8.08. The molecule has 0 aliphatic carbocycles. The Labute approximate surface area is 86.4 Å². The van der Waals surface area contributed by atoms with Gasteiger partial charge in [-0.2, -0.15) is 0 Å². The van der Waals surface area contributed by atoms with Gasteiger partial charge in [-0.3, -0.25) is 4.98 Å². The zero-order valence-corrected chi connectivity index (χ0v) is 8.08. The molecular weight excluding hydrogens is 194 g/mol. The monoisotopic (exact) mass is 203 g/mol. The summed E-state index contributed by atoms with van der Waals surface area (Å²) in [5.41, 5.74) is 0.733. The Morgan fingerprint density at radius 2 is 1.87 bits per heavy atom. The van der Waals surface area contributed by atoms with Gasteiger partial charge in [0.1, 0.15) is 5.82 Å². The lowest BCUT2D eigenvalue weighted by Gasteiger charge is -2.03. The van der Waals surface area contributed by atoms with E-state index in [9.17, 15) is 0 Å². The SMILES string of the molecule is COc1ncc(Nc2cnccn2)cn1. The Hall–Kier alpha value is -2.24. The van der Waals surface area contributed by atoms with Gasteiger partial charge in [0, 0.05) is 12.4 Å². The molecule has 2 aromatic rings. The van der Waals surface area contributed by atoms with Gasteiger partial charge in [-0.25, -0.2) is 15.0 Å². The predicted molar refractivity (Wildman–Crippen MR) is 53.9 cm³/mol. The summed E-state index contributed by atoms with van der Waals surface area (Å²) < 4.78 is 4.84. The first kappa shape index (κ1) is 9.32. The third-order valence-electron chi connectivity index (χ3n) is 1.65. The predicted octanol–water partition coefficient (Wildman–Crippen LogP) is 1.02. The Kier molecular flexibility index (Phi) is 2.68. The van der Waals surface area contributed by atoms with Crippen molar-refractivity contribution in [3.05, 3.63) is 31.0 Å². The van der Waals surface area contributed by atoms with Crippen molar-refractivity contribution in [1.29, 1.82) is 0 Å². The van der Waals surface area contributed by atoms with E-state index < -0.39 is 0 Å². The molecule has 15 heavy (non-hydrogen) atoms. The molecule has 0 radical (unpaired) electrons. The molecule has 2 aromatic heterocycles. The van der Waals surface area contributed by atoms with Crippen LogP contribution in [0.1, 0.15) is 0 Å². The number of methoxy groups -OCH3 is 1. The van der Waals surface area contributed by atoms with Gasteiger partial charge < -0.3 is 10.1 Å². The molecule has 6 nitrogen and oxygen atoms in total. The summed E-state index contributed by atoms with van der Waals surface area (Å²) in [5.74, 6) is 0.645. The second kappa shape index (κ2) is 4.32. The Morgan fingerprint density at radius 1 is 1.07 bits per heavy atom. The van der Waals surface area contributed by atoms with E-state index in [-0.39, 0.29) is 0 Å². The molecule has 0 saturated heterocycles. The maximum atomic E-state index is 4.84. The summed E-state index contributed by atoms with van der Waals surface area (Å²) in [6.07, 6.45) is 8.05. The number of aromatic nitrogens is 4. The minimum absolute atomic E-state index is 0.333. The molecule has 0 amide bonds. The fraction of sp³-hybridized carbons (Fsp3) is 0.111. The van der Waals surface area contributed by atoms with E-state index in [2.05, 4.69) is 25.3 Å².